The summed E-state index contributed by atoms with van der Waals surface area (Å²) in [6, 6.07) is 0. The van der Waals surface area contributed by atoms with E-state index in [-0.39, 0.29) is 29.7 Å². The van der Waals surface area contributed by atoms with Crippen LogP contribution in [0.5, 0.6) is 0 Å². The van der Waals surface area contributed by atoms with Gasteiger partial charge in [-0.25, -0.2) is 12.7 Å². The summed E-state index contributed by atoms with van der Waals surface area (Å²) in [5.74, 6) is 1.58. The lowest BCUT2D eigenvalue weighted by molar-refractivity contribution is 0.181. The summed E-state index contributed by atoms with van der Waals surface area (Å²) in [5.41, 5.74) is 0. The van der Waals surface area contributed by atoms with Crippen LogP contribution in [0.4, 0.5) is 0 Å². The average molecular weight is 476 g/mol. The Morgan fingerprint density at radius 1 is 1.33 bits per heavy atom. The highest BCUT2D eigenvalue weighted by Crippen LogP contribution is 2.13. The van der Waals surface area contributed by atoms with E-state index in [1.54, 1.807) is 14.0 Å². The Bertz CT molecular complexity index is 467. The van der Waals surface area contributed by atoms with Crippen molar-refractivity contribution in [1.29, 1.82) is 0 Å². The smallest absolute Gasteiger partial charge is 0.213 e. The van der Waals surface area contributed by atoms with Crippen LogP contribution in [0.2, 0.25) is 0 Å². The number of guanidine groups is 1. The predicted octanol–water partition coefficient (Wildman–Crippen LogP) is 1.21. The van der Waals surface area contributed by atoms with Crippen LogP contribution < -0.4 is 5.32 Å². The van der Waals surface area contributed by atoms with Crippen molar-refractivity contribution in [2.45, 2.75) is 26.7 Å². The Morgan fingerprint density at radius 2 is 2.04 bits per heavy atom. The van der Waals surface area contributed by atoms with Crippen molar-refractivity contribution in [2.24, 2.45) is 10.9 Å². The largest absolute Gasteiger partial charge is 0.381 e. The second-order valence-corrected chi connectivity index (χ2v) is 8.29. The van der Waals surface area contributed by atoms with Gasteiger partial charge in [-0.05, 0) is 26.7 Å². The average Bonchev–Trinajstić information content (AvgIpc) is 3.02. The Kier molecular flexibility index (Phi) is 12.2. The van der Waals surface area contributed by atoms with E-state index in [4.69, 9.17) is 4.74 Å². The van der Waals surface area contributed by atoms with E-state index in [2.05, 4.69) is 15.2 Å². The summed E-state index contributed by atoms with van der Waals surface area (Å²) in [7, 11) is 0.564. The number of rotatable bonds is 9. The van der Waals surface area contributed by atoms with Gasteiger partial charge in [0.2, 0.25) is 10.0 Å². The topological polar surface area (TPSA) is 74.2 Å². The molecule has 1 rings (SSSR count). The lowest BCUT2D eigenvalue weighted by atomic mass is 10.1. The third-order valence-corrected chi connectivity index (χ3v) is 5.85. The molecule has 0 aromatic rings. The zero-order valence-corrected chi connectivity index (χ0v) is 18.5. The number of hydrogen-bond donors (Lipinski definition) is 1. The van der Waals surface area contributed by atoms with Crippen LogP contribution in [0.1, 0.15) is 26.7 Å². The quantitative estimate of drug-likeness (QED) is 0.235. The minimum atomic E-state index is -3.10. The van der Waals surface area contributed by atoms with Gasteiger partial charge >= 0.3 is 0 Å². The third kappa shape index (κ3) is 8.30. The number of nitrogens with zero attached hydrogens (tertiary/aromatic N) is 3. The van der Waals surface area contributed by atoms with Gasteiger partial charge in [0.05, 0.1) is 12.4 Å². The molecular weight excluding hydrogens is 443 g/mol. The van der Waals surface area contributed by atoms with Crippen LogP contribution in [-0.4, -0.2) is 82.8 Å². The van der Waals surface area contributed by atoms with Gasteiger partial charge in [-0.1, -0.05) is 0 Å². The van der Waals surface area contributed by atoms with E-state index in [1.807, 2.05) is 14.0 Å². The van der Waals surface area contributed by atoms with Crippen molar-refractivity contribution in [1.82, 2.24) is 14.5 Å². The van der Waals surface area contributed by atoms with E-state index in [0.717, 1.165) is 38.7 Å². The molecule has 1 N–H and O–H groups in total. The van der Waals surface area contributed by atoms with Crippen LogP contribution in [0.25, 0.3) is 0 Å². The first-order valence-electron chi connectivity index (χ1n) is 8.41. The van der Waals surface area contributed by atoms with Gasteiger partial charge in [0, 0.05) is 52.8 Å². The van der Waals surface area contributed by atoms with Crippen molar-refractivity contribution in [3.63, 3.8) is 0 Å². The Labute approximate surface area is 164 Å². The fourth-order valence-corrected chi connectivity index (χ4v) is 3.36. The minimum Gasteiger partial charge on any atom is -0.381 e. The normalized spacial score (nSPS) is 18.5. The molecule has 1 aliphatic heterocycles. The monoisotopic (exact) mass is 476 g/mol. The minimum absolute atomic E-state index is 0. The fraction of sp³-hybridized carbons (Fsp3) is 0.933. The second-order valence-electron chi connectivity index (χ2n) is 5.92. The Hall–Kier alpha value is -0.130. The summed E-state index contributed by atoms with van der Waals surface area (Å²) in [6.45, 7) is 8.23. The van der Waals surface area contributed by atoms with Crippen LogP contribution in [0.3, 0.4) is 0 Å². The van der Waals surface area contributed by atoms with Crippen LogP contribution in [0, 0.1) is 5.92 Å². The molecule has 1 fully saturated rings. The molecule has 0 saturated carbocycles. The van der Waals surface area contributed by atoms with E-state index in [9.17, 15) is 8.42 Å². The maximum Gasteiger partial charge on any atom is 0.213 e. The lowest BCUT2D eigenvalue weighted by Gasteiger charge is -2.24. The van der Waals surface area contributed by atoms with E-state index < -0.39 is 10.0 Å². The predicted molar refractivity (Wildman–Crippen MR) is 110 cm³/mol. The molecule has 144 valence electrons. The number of aliphatic imine (C=N–C) groups is 1. The van der Waals surface area contributed by atoms with Crippen LogP contribution >= 0.6 is 24.0 Å². The molecule has 0 aliphatic carbocycles. The fourth-order valence-electron chi connectivity index (χ4n) is 2.51. The molecule has 0 spiro atoms. The molecule has 0 aromatic heterocycles. The molecule has 1 unspecified atom stereocenters. The van der Waals surface area contributed by atoms with E-state index >= 15 is 0 Å². The summed E-state index contributed by atoms with van der Waals surface area (Å²) >= 11 is 0. The maximum atomic E-state index is 11.7. The highest BCUT2D eigenvalue weighted by molar-refractivity contribution is 14.0. The first-order valence-corrected chi connectivity index (χ1v) is 10.0. The van der Waals surface area contributed by atoms with Gasteiger partial charge in [-0.3, -0.25) is 4.99 Å². The molecule has 0 radical (unpaired) electrons. The number of hydrogen-bond acceptors (Lipinski definition) is 4. The van der Waals surface area contributed by atoms with Gasteiger partial charge in [0.25, 0.3) is 0 Å². The van der Waals surface area contributed by atoms with Gasteiger partial charge in [0.15, 0.2) is 5.96 Å². The van der Waals surface area contributed by atoms with Gasteiger partial charge in [-0.15, -0.1) is 24.0 Å². The SMILES string of the molecule is CCNC(=NCCCN(C)S(=O)(=O)CC)N(C)CC1CCOC1.I. The molecule has 7 nitrogen and oxygen atoms in total. The third-order valence-electron chi connectivity index (χ3n) is 3.98. The van der Waals surface area contributed by atoms with Gasteiger partial charge in [0.1, 0.15) is 0 Å². The van der Waals surface area contributed by atoms with Crippen molar-refractivity contribution < 1.29 is 13.2 Å². The van der Waals surface area contributed by atoms with Crippen molar-refractivity contribution >= 4 is 40.0 Å². The molecule has 24 heavy (non-hydrogen) atoms. The highest BCUT2D eigenvalue weighted by atomic mass is 127. The summed E-state index contributed by atoms with van der Waals surface area (Å²) in [6.07, 6.45) is 1.81. The number of halogens is 1. The van der Waals surface area contributed by atoms with Crippen LogP contribution in [0.15, 0.2) is 4.99 Å². The first kappa shape index (κ1) is 23.9. The Morgan fingerprint density at radius 3 is 2.58 bits per heavy atom. The number of sulfonamides is 1. The maximum absolute atomic E-state index is 11.7. The molecule has 0 aromatic carbocycles. The molecule has 0 amide bonds. The number of ether oxygens (including phenoxy) is 1. The molecule has 9 heteroatoms. The highest BCUT2D eigenvalue weighted by Gasteiger charge is 2.19. The first-order chi connectivity index (χ1) is 10.9. The Balaban J connectivity index is 0.00000529. The lowest BCUT2D eigenvalue weighted by Crippen LogP contribution is -2.41. The summed E-state index contributed by atoms with van der Waals surface area (Å²) in [4.78, 5) is 6.74. The number of nitrogens with one attached hydrogen (secondary N) is 1. The standard InChI is InChI=1S/C15H32N4O3S.HI/c1-5-16-15(18(3)12-14-8-11-22-13-14)17-9-7-10-19(4)23(20,21)6-2;/h14H,5-13H2,1-4H3,(H,16,17);1H. The molecule has 1 aliphatic rings. The zero-order valence-electron chi connectivity index (χ0n) is 15.3. The van der Waals surface area contributed by atoms with Crippen molar-refractivity contribution in [3.05, 3.63) is 0 Å². The van der Waals surface area contributed by atoms with E-state index in [1.165, 1.54) is 4.31 Å². The molecule has 0 bridgehead atoms. The molecular formula is C15H33IN4O3S. The van der Waals surface area contributed by atoms with E-state index in [0.29, 0.717) is 25.4 Å². The molecule has 1 atom stereocenters. The summed E-state index contributed by atoms with van der Waals surface area (Å²) in [5, 5.41) is 3.29. The summed E-state index contributed by atoms with van der Waals surface area (Å²) < 4.78 is 30.2. The van der Waals surface area contributed by atoms with Crippen molar-refractivity contribution in [3.8, 4) is 0 Å². The molecule has 1 saturated heterocycles. The zero-order chi connectivity index (χ0) is 17.3. The van der Waals surface area contributed by atoms with Gasteiger partial charge < -0.3 is 15.0 Å². The van der Waals surface area contributed by atoms with Crippen LogP contribution in [-0.2, 0) is 14.8 Å². The van der Waals surface area contributed by atoms with Gasteiger partial charge in [-0.2, -0.15) is 0 Å². The molecule has 1 heterocycles. The second kappa shape index (κ2) is 12.3. The van der Waals surface area contributed by atoms with Crippen molar-refractivity contribution in [2.75, 3.05) is 59.2 Å².